The van der Waals surface area contributed by atoms with Gasteiger partial charge >= 0.3 is 0 Å². The van der Waals surface area contributed by atoms with Gasteiger partial charge in [0.25, 0.3) is 0 Å². The first-order chi connectivity index (χ1) is 12.0. The number of nitrogens with one attached hydrogen (secondary N) is 1. The van der Waals surface area contributed by atoms with E-state index in [4.69, 9.17) is 10.3 Å². The fourth-order valence-electron chi connectivity index (χ4n) is 2.95. The topological polar surface area (TPSA) is 114 Å². The average Bonchev–Trinajstić information content (AvgIpc) is 3.08. The number of piperidine rings is 1. The summed E-state index contributed by atoms with van der Waals surface area (Å²) in [6.45, 7) is 5.55. The molecule has 1 fully saturated rings. The molecule has 1 aromatic rings. The Kier molecular flexibility index (Phi) is 7.36. The second-order valence-electron chi connectivity index (χ2n) is 6.78. The van der Waals surface area contributed by atoms with E-state index in [9.17, 15) is 9.59 Å². The highest BCUT2D eigenvalue weighted by atomic mass is 16.5. The van der Waals surface area contributed by atoms with Gasteiger partial charge in [0, 0.05) is 50.9 Å². The normalized spacial score (nSPS) is 17.8. The van der Waals surface area contributed by atoms with Gasteiger partial charge < -0.3 is 20.5 Å². The van der Waals surface area contributed by atoms with Crippen molar-refractivity contribution in [2.75, 3.05) is 19.6 Å². The van der Waals surface area contributed by atoms with Crippen LogP contribution in [0.1, 0.15) is 63.6 Å². The van der Waals surface area contributed by atoms with Crippen LogP contribution in [0.2, 0.25) is 0 Å². The van der Waals surface area contributed by atoms with Gasteiger partial charge in [0.2, 0.25) is 17.7 Å². The highest BCUT2D eigenvalue weighted by Gasteiger charge is 2.27. The van der Waals surface area contributed by atoms with Crippen LogP contribution >= 0.6 is 0 Å². The van der Waals surface area contributed by atoms with E-state index in [1.807, 2.05) is 18.7 Å². The first kappa shape index (κ1) is 19.4. The molecule has 1 aliphatic heterocycles. The quantitative estimate of drug-likeness (QED) is 0.721. The van der Waals surface area contributed by atoms with Crippen molar-refractivity contribution in [1.29, 1.82) is 0 Å². The number of aromatic nitrogens is 2. The zero-order valence-corrected chi connectivity index (χ0v) is 15.2. The van der Waals surface area contributed by atoms with Crippen LogP contribution in [0.25, 0.3) is 0 Å². The van der Waals surface area contributed by atoms with Gasteiger partial charge in [-0.2, -0.15) is 4.98 Å². The standard InChI is InChI=1S/C17H29N5O3/c1-12(2)17-20-15(25-21-17)6-7-16(24)22-10-4-3-5-13(22)11-19-14(23)8-9-18/h12-13H,3-11,18H2,1-2H3,(H,19,23). The minimum atomic E-state index is -0.0625. The number of rotatable bonds is 8. The van der Waals surface area contributed by atoms with Crippen molar-refractivity contribution >= 4 is 11.8 Å². The van der Waals surface area contributed by atoms with Crippen LogP contribution in [0.5, 0.6) is 0 Å². The second kappa shape index (κ2) is 9.50. The summed E-state index contributed by atoms with van der Waals surface area (Å²) in [6, 6.07) is 0.0527. The lowest BCUT2D eigenvalue weighted by atomic mass is 10.0. The highest BCUT2D eigenvalue weighted by molar-refractivity contribution is 5.78. The molecule has 0 spiro atoms. The molecule has 0 radical (unpaired) electrons. The summed E-state index contributed by atoms with van der Waals surface area (Å²) in [4.78, 5) is 30.4. The fourth-order valence-corrected chi connectivity index (χ4v) is 2.95. The van der Waals surface area contributed by atoms with E-state index in [1.54, 1.807) is 0 Å². The molecule has 140 valence electrons. The third-order valence-electron chi connectivity index (χ3n) is 4.41. The van der Waals surface area contributed by atoms with Crippen molar-refractivity contribution in [3.63, 3.8) is 0 Å². The third-order valence-corrected chi connectivity index (χ3v) is 4.41. The predicted molar refractivity (Wildman–Crippen MR) is 92.7 cm³/mol. The number of likely N-dealkylation sites (tertiary alicyclic amines) is 1. The van der Waals surface area contributed by atoms with Crippen molar-refractivity contribution in [2.24, 2.45) is 5.73 Å². The molecular weight excluding hydrogens is 322 g/mol. The Hall–Kier alpha value is -1.96. The van der Waals surface area contributed by atoms with E-state index < -0.39 is 0 Å². The molecular formula is C17H29N5O3. The Morgan fingerprint density at radius 1 is 1.36 bits per heavy atom. The van der Waals surface area contributed by atoms with Gasteiger partial charge in [-0.25, -0.2) is 0 Å². The van der Waals surface area contributed by atoms with Gasteiger partial charge in [0.15, 0.2) is 5.82 Å². The highest BCUT2D eigenvalue weighted by Crippen LogP contribution is 2.18. The molecule has 2 rings (SSSR count). The fraction of sp³-hybridized carbons (Fsp3) is 0.765. The maximum absolute atomic E-state index is 12.6. The summed E-state index contributed by atoms with van der Waals surface area (Å²) in [6.07, 6.45) is 4.08. The zero-order chi connectivity index (χ0) is 18.2. The molecule has 1 unspecified atom stereocenters. The van der Waals surface area contributed by atoms with Crippen LogP contribution in [-0.2, 0) is 16.0 Å². The zero-order valence-electron chi connectivity index (χ0n) is 15.2. The average molecular weight is 351 g/mol. The summed E-state index contributed by atoms with van der Waals surface area (Å²) in [7, 11) is 0. The smallest absolute Gasteiger partial charge is 0.227 e. The van der Waals surface area contributed by atoms with Crippen LogP contribution in [0.15, 0.2) is 4.52 Å². The maximum atomic E-state index is 12.6. The molecule has 1 aliphatic rings. The van der Waals surface area contributed by atoms with E-state index in [0.717, 1.165) is 25.8 Å². The SMILES string of the molecule is CC(C)c1noc(CCC(=O)N2CCCCC2CNC(=O)CCN)n1. The lowest BCUT2D eigenvalue weighted by Crippen LogP contribution is -2.49. The number of aryl methyl sites for hydroxylation is 1. The predicted octanol–water partition coefficient (Wildman–Crippen LogP) is 0.972. The van der Waals surface area contributed by atoms with E-state index >= 15 is 0 Å². The molecule has 8 heteroatoms. The Balaban J connectivity index is 1.85. The Morgan fingerprint density at radius 2 is 2.16 bits per heavy atom. The molecule has 2 heterocycles. The van der Waals surface area contributed by atoms with Crippen LogP contribution in [0.3, 0.4) is 0 Å². The number of carbonyl (C=O) groups is 2. The van der Waals surface area contributed by atoms with Crippen LogP contribution < -0.4 is 11.1 Å². The lowest BCUT2D eigenvalue weighted by molar-refractivity contribution is -0.135. The largest absolute Gasteiger partial charge is 0.354 e. The number of hydrogen-bond acceptors (Lipinski definition) is 6. The number of nitrogens with zero attached hydrogens (tertiary/aromatic N) is 3. The molecule has 1 atom stereocenters. The summed E-state index contributed by atoms with van der Waals surface area (Å²) in [5, 5.41) is 6.79. The summed E-state index contributed by atoms with van der Waals surface area (Å²) >= 11 is 0. The molecule has 2 amide bonds. The molecule has 0 bridgehead atoms. The molecule has 1 saturated heterocycles. The first-order valence-corrected chi connectivity index (χ1v) is 9.10. The minimum Gasteiger partial charge on any atom is -0.354 e. The molecule has 8 nitrogen and oxygen atoms in total. The van der Waals surface area contributed by atoms with Crippen molar-refractivity contribution in [2.45, 2.75) is 64.3 Å². The Bertz CT molecular complexity index is 572. The van der Waals surface area contributed by atoms with E-state index in [-0.39, 0.29) is 23.8 Å². The number of carbonyl (C=O) groups excluding carboxylic acids is 2. The summed E-state index contributed by atoms with van der Waals surface area (Å²) < 4.78 is 5.20. The number of amides is 2. The van der Waals surface area contributed by atoms with Gasteiger partial charge in [-0.3, -0.25) is 9.59 Å². The Morgan fingerprint density at radius 3 is 2.84 bits per heavy atom. The van der Waals surface area contributed by atoms with Crippen LogP contribution in [0.4, 0.5) is 0 Å². The Labute approximate surface area is 148 Å². The van der Waals surface area contributed by atoms with E-state index in [1.165, 1.54) is 0 Å². The van der Waals surface area contributed by atoms with Crippen molar-refractivity contribution in [1.82, 2.24) is 20.4 Å². The summed E-state index contributed by atoms with van der Waals surface area (Å²) in [5.74, 6) is 1.38. The van der Waals surface area contributed by atoms with Gasteiger partial charge in [0.05, 0.1) is 0 Å². The molecule has 0 aromatic carbocycles. The second-order valence-corrected chi connectivity index (χ2v) is 6.78. The van der Waals surface area contributed by atoms with Crippen molar-refractivity contribution in [3.05, 3.63) is 11.7 Å². The molecule has 0 saturated carbocycles. The maximum Gasteiger partial charge on any atom is 0.227 e. The van der Waals surface area contributed by atoms with Gasteiger partial charge in [-0.15, -0.1) is 0 Å². The molecule has 0 aliphatic carbocycles. The number of nitrogens with two attached hydrogens (primary N) is 1. The molecule has 25 heavy (non-hydrogen) atoms. The minimum absolute atomic E-state index is 0.0527. The number of hydrogen-bond donors (Lipinski definition) is 2. The van der Waals surface area contributed by atoms with Crippen molar-refractivity contribution < 1.29 is 14.1 Å². The summed E-state index contributed by atoms with van der Waals surface area (Å²) in [5.41, 5.74) is 5.38. The molecule has 1 aromatic heterocycles. The first-order valence-electron chi connectivity index (χ1n) is 9.10. The molecule has 3 N–H and O–H groups in total. The van der Waals surface area contributed by atoms with Crippen LogP contribution in [0, 0.1) is 0 Å². The van der Waals surface area contributed by atoms with Gasteiger partial charge in [-0.1, -0.05) is 19.0 Å². The monoisotopic (exact) mass is 351 g/mol. The third kappa shape index (κ3) is 5.81. The van der Waals surface area contributed by atoms with E-state index in [2.05, 4.69) is 15.5 Å². The van der Waals surface area contributed by atoms with Crippen molar-refractivity contribution in [3.8, 4) is 0 Å². The van der Waals surface area contributed by atoms with Crippen LogP contribution in [-0.4, -0.2) is 52.5 Å². The van der Waals surface area contributed by atoms with E-state index in [0.29, 0.717) is 44.1 Å². The van der Waals surface area contributed by atoms with Gasteiger partial charge in [0.1, 0.15) is 0 Å². The van der Waals surface area contributed by atoms with Gasteiger partial charge in [-0.05, 0) is 19.3 Å². The lowest BCUT2D eigenvalue weighted by Gasteiger charge is -2.36.